The van der Waals surface area contributed by atoms with Crippen LogP contribution in [-0.4, -0.2) is 58.6 Å². The van der Waals surface area contributed by atoms with Gasteiger partial charge in [0.2, 0.25) is 5.91 Å². The smallest absolute Gasteiger partial charge is 0.239 e. The zero-order valence-corrected chi connectivity index (χ0v) is 12.4. The molecule has 2 aliphatic rings. The SMILES string of the molecule is CC(C(=O)N1CCCCCC1)N1CCC(C)(O)CC1. The largest absolute Gasteiger partial charge is 0.390 e. The molecule has 2 aliphatic heterocycles. The summed E-state index contributed by atoms with van der Waals surface area (Å²) in [6.07, 6.45) is 6.34. The summed E-state index contributed by atoms with van der Waals surface area (Å²) >= 11 is 0. The van der Waals surface area contributed by atoms with Gasteiger partial charge in [0.15, 0.2) is 0 Å². The predicted octanol–water partition coefficient (Wildman–Crippen LogP) is 1.62. The van der Waals surface area contributed by atoms with Crippen LogP contribution < -0.4 is 0 Å². The molecular formula is C15H28N2O2. The lowest BCUT2D eigenvalue weighted by molar-refractivity contribution is -0.138. The Kier molecular flexibility index (Phi) is 4.85. The lowest BCUT2D eigenvalue weighted by Crippen LogP contribution is -2.52. The van der Waals surface area contributed by atoms with E-state index in [9.17, 15) is 9.90 Å². The lowest BCUT2D eigenvalue weighted by atomic mass is 9.93. The fourth-order valence-electron chi connectivity index (χ4n) is 3.10. The first-order valence-electron chi connectivity index (χ1n) is 7.75. The van der Waals surface area contributed by atoms with Crippen LogP contribution in [0.3, 0.4) is 0 Å². The molecule has 4 heteroatoms. The van der Waals surface area contributed by atoms with Crippen LogP contribution in [-0.2, 0) is 4.79 Å². The Bertz CT molecular complexity index is 299. The summed E-state index contributed by atoms with van der Waals surface area (Å²) in [7, 11) is 0. The van der Waals surface area contributed by atoms with Crippen LogP contribution in [0.4, 0.5) is 0 Å². The Labute approximate surface area is 116 Å². The molecule has 2 saturated heterocycles. The quantitative estimate of drug-likeness (QED) is 0.828. The van der Waals surface area contributed by atoms with E-state index in [1.54, 1.807) is 0 Å². The molecule has 0 aromatic rings. The van der Waals surface area contributed by atoms with Crippen LogP contribution in [0.1, 0.15) is 52.4 Å². The molecule has 0 aromatic heterocycles. The maximum atomic E-state index is 12.5. The molecule has 4 nitrogen and oxygen atoms in total. The fourth-order valence-corrected chi connectivity index (χ4v) is 3.10. The van der Waals surface area contributed by atoms with E-state index >= 15 is 0 Å². The van der Waals surface area contributed by atoms with Crippen LogP contribution in [0.2, 0.25) is 0 Å². The summed E-state index contributed by atoms with van der Waals surface area (Å²) < 4.78 is 0. The van der Waals surface area contributed by atoms with Gasteiger partial charge in [-0.2, -0.15) is 0 Å². The summed E-state index contributed by atoms with van der Waals surface area (Å²) in [5.74, 6) is 0.281. The average Bonchev–Trinajstić information content (AvgIpc) is 2.66. The first-order chi connectivity index (χ1) is 8.99. The summed E-state index contributed by atoms with van der Waals surface area (Å²) in [6, 6.07) is -0.0331. The minimum Gasteiger partial charge on any atom is -0.390 e. The maximum Gasteiger partial charge on any atom is 0.239 e. The number of carbonyl (C=O) groups excluding carboxylic acids is 1. The number of carbonyl (C=O) groups is 1. The second-order valence-electron chi connectivity index (χ2n) is 6.45. The van der Waals surface area contributed by atoms with Crippen molar-refractivity contribution in [2.24, 2.45) is 0 Å². The van der Waals surface area contributed by atoms with Gasteiger partial charge in [0, 0.05) is 26.2 Å². The van der Waals surface area contributed by atoms with Crippen LogP contribution in [0.15, 0.2) is 0 Å². The van der Waals surface area contributed by atoms with E-state index in [0.29, 0.717) is 0 Å². The zero-order chi connectivity index (χ0) is 13.9. The molecule has 110 valence electrons. The van der Waals surface area contributed by atoms with E-state index in [0.717, 1.165) is 51.9 Å². The number of nitrogens with zero attached hydrogens (tertiary/aromatic N) is 2. The summed E-state index contributed by atoms with van der Waals surface area (Å²) in [5.41, 5.74) is -0.540. The van der Waals surface area contributed by atoms with E-state index in [2.05, 4.69) is 4.90 Å². The molecule has 1 unspecified atom stereocenters. The van der Waals surface area contributed by atoms with Crippen molar-refractivity contribution in [1.82, 2.24) is 9.80 Å². The highest BCUT2D eigenvalue weighted by atomic mass is 16.3. The highest BCUT2D eigenvalue weighted by Gasteiger charge is 2.33. The molecule has 0 spiro atoms. The second kappa shape index (κ2) is 6.23. The van der Waals surface area contributed by atoms with Crippen LogP contribution in [0.5, 0.6) is 0 Å². The van der Waals surface area contributed by atoms with Gasteiger partial charge < -0.3 is 10.0 Å². The van der Waals surface area contributed by atoms with Gasteiger partial charge in [0.1, 0.15) is 0 Å². The Morgan fingerprint density at radius 1 is 1.05 bits per heavy atom. The standard InChI is InChI=1S/C15H28N2O2/c1-13(16-11-7-15(2,19)8-12-16)14(18)17-9-5-3-4-6-10-17/h13,19H,3-12H2,1-2H3. The average molecular weight is 268 g/mol. The third-order valence-corrected chi connectivity index (χ3v) is 4.70. The van der Waals surface area contributed by atoms with Crippen molar-refractivity contribution in [3.05, 3.63) is 0 Å². The van der Waals surface area contributed by atoms with Crippen molar-refractivity contribution in [3.8, 4) is 0 Å². The van der Waals surface area contributed by atoms with Crippen molar-refractivity contribution >= 4 is 5.91 Å². The molecule has 1 atom stereocenters. The molecule has 0 radical (unpaired) electrons. The van der Waals surface area contributed by atoms with Crippen LogP contribution in [0.25, 0.3) is 0 Å². The molecule has 0 aliphatic carbocycles. The van der Waals surface area contributed by atoms with Gasteiger partial charge in [-0.25, -0.2) is 0 Å². The molecule has 0 aromatic carbocycles. The number of amides is 1. The van der Waals surface area contributed by atoms with Crippen molar-refractivity contribution in [3.63, 3.8) is 0 Å². The monoisotopic (exact) mass is 268 g/mol. The van der Waals surface area contributed by atoms with Gasteiger partial charge in [-0.1, -0.05) is 12.8 Å². The van der Waals surface area contributed by atoms with Gasteiger partial charge >= 0.3 is 0 Å². The normalized spacial score (nSPS) is 26.8. The van der Waals surface area contributed by atoms with Gasteiger partial charge in [0.05, 0.1) is 11.6 Å². The van der Waals surface area contributed by atoms with Crippen molar-refractivity contribution in [2.75, 3.05) is 26.2 Å². The molecule has 2 rings (SSSR count). The number of hydrogen-bond donors (Lipinski definition) is 1. The number of rotatable bonds is 2. The highest BCUT2D eigenvalue weighted by Crippen LogP contribution is 2.23. The minimum atomic E-state index is -0.540. The zero-order valence-electron chi connectivity index (χ0n) is 12.4. The minimum absolute atomic E-state index is 0.0331. The van der Waals surface area contributed by atoms with E-state index < -0.39 is 5.60 Å². The third kappa shape index (κ3) is 3.93. The predicted molar refractivity (Wildman–Crippen MR) is 75.9 cm³/mol. The Balaban J connectivity index is 1.88. The maximum absolute atomic E-state index is 12.5. The molecule has 2 fully saturated rings. The van der Waals surface area contributed by atoms with Crippen LogP contribution in [0, 0.1) is 0 Å². The topological polar surface area (TPSA) is 43.8 Å². The van der Waals surface area contributed by atoms with Gasteiger partial charge in [-0.15, -0.1) is 0 Å². The summed E-state index contributed by atoms with van der Waals surface area (Å²) in [4.78, 5) is 16.8. The molecule has 1 amide bonds. The van der Waals surface area contributed by atoms with E-state index in [1.807, 2.05) is 18.7 Å². The molecule has 0 bridgehead atoms. The number of hydrogen-bond acceptors (Lipinski definition) is 3. The molecule has 19 heavy (non-hydrogen) atoms. The molecule has 2 heterocycles. The second-order valence-corrected chi connectivity index (χ2v) is 6.45. The lowest BCUT2D eigenvalue weighted by Gasteiger charge is -2.39. The Hall–Kier alpha value is -0.610. The van der Waals surface area contributed by atoms with E-state index in [-0.39, 0.29) is 11.9 Å². The van der Waals surface area contributed by atoms with Gasteiger partial charge in [-0.3, -0.25) is 9.69 Å². The first kappa shape index (κ1) is 14.8. The van der Waals surface area contributed by atoms with Crippen molar-refractivity contribution in [2.45, 2.75) is 64.0 Å². The Morgan fingerprint density at radius 2 is 1.58 bits per heavy atom. The van der Waals surface area contributed by atoms with E-state index in [1.165, 1.54) is 12.8 Å². The third-order valence-electron chi connectivity index (χ3n) is 4.70. The summed E-state index contributed by atoms with van der Waals surface area (Å²) in [6.45, 7) is 7.42. The molecular weight excluding hydrogens is 240 g/mol. The van der Waals surface area contributed by atoms with Gasteiger partial charge in [-0.05, 0) is 39.5 Å². The fraction of sp³-hybridized carbons (Fsp3) is 0.933. The van der Waals surface area contributed by atoms with Crippen LogP contribution >= 0.6 is 0 Å². The number of aliphatic hydroxyl groups is 1. The number of likely N-dealkylation sites (tertiary alicyclic amines) is 2. The van der Waals surface area contributed by atoms with E-state index in [4.69, 9.17) is 0 Å². The molecule has 1 N–H and O–H groups in total. The Morgan fingerprint density at radius 3 is 2.11 bits per heavy atom. The molecule has 0 saturated carbocycles. The number of piperidine rings is 1. The highest BCUT2D eigenvalue weighted by molar-refractivity contribution is 5.81. The van der Waals surface area contributed by atoms with Gasteiger partial charge in [0.25, 0.3) is 0 Å². The first-order valence-corrected chi connectivity index (χ1v) is 7.75. The van der Waals surface area contributed by atoms with Crippen molar-refractivity contribution in [1.29, 1.82) is 0 Å². The summed E-state index contributed by atoms with van der Waals surface area (Å²) in [5, 5.41) is 9.98. The van der Waals surface area contributed by atoms with Crippen molar-refractivity contribution < 1.29 is 9.90 Å².